The number of ether oxygens (including phenoxy) is 2. The van der Waals surface area contributed by atoms with E-state index in [1.54, 1.807) is 0 Å². The molecule has 0 aromatic rings. The Morgan fingerprint density at radius 3 is 2.53 bits per heavy atom. The predicted molar refractivity (Wildman–Crippen MR) is 66.0 cm³/mol. The van der Waals surface area contributed by atoms with Crippen LogP contribution in [0, 0.1) is 23.7 Å². The number of hydrogen-bond donors (Lipinski definition) is 1. The number of aliphatic hydroxyl groups excluding tert-OH is 1. The summed E-state index contributed by atoms with van der Waals surface area (Å²) in [6, 6.07) is 0. The second kappa shape index (κ2) is 6.07. The first-order chi connectivity index (χ1) is 7.94. The summed E-state index contributed by atoms with van der Waals surface area (Å²) < 4.78 is 11.3. The van der Waals surface area contributed by atoms with Gasteiger partial charge in [0.25, 0.3) is 0 Å². The highest BCUT2D eigenvalue weighted by atomic mass is 16.7. The van der Waals surface area contributed by atoms with Gasteiger partial charge in [0.15, 0.2) is 5.79 Å². The zero-order valence-corrected chi connectivity index (χ0v) is 10.9. The standard InChI is InChI=1S/C14H20O3/c1-5-12(15)9-7-6-8-10-13-11(2)16-14(3,4)17-13/h11-13,15H,5,10H2,1-4H3/t11-,12-,13-/m1/s1. The van der Waals surface area contributed by atoms with E-state index in [1.165, 1.54) is 0 Å². The lowest BCUT2D eigenvalue weighted by atomic mass is 10.2. The van der Waals surface area contributed by atoms with E-state index in [0.29, 0.717) is 12.8 Å². The Hall–Kier alpha value is -1.00. The summed E-state index contributed by atoms with van der Waals surface area (Å²) in [6.45, 7) is 7.65. The molecular formula is C14H20O3. The van der Waals surface area contributed by atoms with Crippen LogP contribution in [0.2, 0.25) is 0 Å². The van der Waals surface area contributed by atoms with E-state index in [2.05, 4.69) is 23.7 Å². The van der Waals surface area contributed by atoms with Crippen molar-refractivity contribution in [3.63, 3.8) is 0 Å². The van der Waals surface area contributed by atoms with Crippen molar-refractivity contribution >= 4 is 0 Å². The van der Waals surface area contributed by atoms with Gasteiger partial charge in [0.2, 0.25) is 0 Å². The molecule has 3 heteroatoms. The van der Waals surface area contributed by atoms with Crippen molar-refractivity contribution < 1.29 is 14.6 Å². The van der Waals surface area contributed by atoms with Gasteiger partial charge in [-0.2, -0.15) is 0 Å². The lowest BCUT2D eigenvalue weighted by molar-refractivity contribution is -0.144. The SMILES string of the molecule is CC[C@@H](O)C#CC#CC[C@H]1OC(C)(C)O[C@@H]1C. The number of hydrogen-bond acceptors (Lipinski definition) is 3. The minimum absolute atomic E-state index is 0.00426. The zero-order chi connectivity index (χ0) is 12.9. The van der Waals surface area contributed by atoms with Crippen LogP contribution < -0.4 is 0 Å². The van der Waals surface area contributed by atoms with E-state index in [1.807, 2.05) is 27.7 Å². The Labute approximate surface area is 103 Å². The summed E-state index contributed by atoms with van der Waals surface area (Å²) >= 11 is 0. The average Bonchev–Trinajstić information content (AvgIpc) is 2.51. The van der Waals surface area contributed by atoms with Crippen LogP contribution in [-0.2, 0) is 9.47 Å². The molecule has 0 spiro atoms. The molecule has 1 saturated heterocycles. The first-order valence-electron chi connectivity index (χ1n) is 5.96. The smallest absolute Gasteiger partial charge is 0.163 e. The maximum atomic E-state index is 9.19. The van der Waals surface area contributed by atoms with Crippen LogP contribution in [0.1, 0.15) is 40.5 Å². The summed E-state index contributed by atoms with van der Waals surface area (Å²) in [5.74, 6) is 10.4. The van der Waals surface area contributed by atoms with Gasteiger partial charge in [0.05, 0.1) is 12.2 Å². The van der Waals surface area contributed by atoms with Crippen LogP contribution in [0.15, 0.2) is 0 Å². The van der Waals surface area contributed by atoms with Gasteiger partial charge in [-0.05, 0) is 39.0 Å². The molecule has 1 fully saturated rings. The minimum atomic E-state index is -0.576. The maximum Gasteiger partial charge on any atom is 0.163 e. The molecule has 0 aliphatic carbocycles. The predicted octanol–water partition coefficient (Wildman–Crippen LogP) is 1.69. The third-order valence-corrected chi connectivity index (χ3v) is 2.51. The first kappa shape index (κ1) is 14.1. The largest absolute Gasteiger partial charge is 0.380 e. The lowest BCUT2D eigenvalue weighted by Crippen LogP contribution is -2.21. The van der Waals surface area contributed by atoms with E-state index < -0.39 is 11.9 Å². The molecule has 0 aromatic carbocycles. The van der Waals surface area contributed by atoms with Gasteiger partial charge in [0, 0.05) is 6.42 Å². The summed E-state index contributed by atoms with van der Waals surface area (Å²) in [4.78, 5) is 0. The molecule has 0 radical (unpaired) electrons. The van der Waals surface area contributed by atoms with Gasteiger partial charge in [-0.15, -0.1) is 0 Å². The first-order valence-corrected chi connectivity index (χ1v) is 5.96. The summed E-state index contributed by atoms with van der Waals surface area (Å²) in [6.07, 6.45) is 0.693. The molecule has 3 nitrogen and oxygen atoms in total. The molecule has 0 saturated carbocycles. The lowest BCUT2D eigenvalue weighted by Gasteiger charge is -2.16. The van der Waals surface area contributed by atoms with Gasteiger partial charge in [-0.1, -0.05) is 18.8 Å². The molecular weight excluding hydrogens is 216 g/mol. The fourth-order valence-corrected chi connectivity index (χ4v) is 1.64. The fraction of sp³-hybridized carbons (Fsp3) is 0.714. The Bertz CT molecular complexity index is 364. The van der Waals surface area contributed by atoms with E-state index in [4.69, 9.17) is 9.47 Å². The van der Waals surface area contributed by atoms with Gasteiger partial charge < -0.3 is 14.6 Å². The Morgan fingerprint density at radius 2 is 2.00 bits per heavy atom. The highest BCUT2D eigenvalue weighted by Gasteiger charge is 2.37. The molecule has 17 heavy (non-hydrogen) atoms. The van der Waals surface area contributed by atoms with Gasteiger partial charge in [-0.3, -0.25) is 0 Å². The minimum Gasteiger partial charge on any atom is -0.380 e. The van der Waals surface area contributed by atoms with E-state index in [9.17, 15) is 5.11 Å². The molecule has 0 amide bonds. The molecule has 1 heterocycles. The highest BCUT2D eigenvalue weighted by Crippen LogP contribution is 2.29. The molecule has 1 N–H and O–H groups in total. The molecule has 1 aliphatic heterocycles. The maximum absolute atomic E-state index is 9.19. The molecule has 3 atom stereocenters. The number of aliphatic hydroxyl groups is 1. The fourth-order valence-electron chi connectivity index (χ4n) is 1.64. The van der Waals surface area contributed by atoms with E-state index in [0.717, 1.165) is 0 Å². The van der Waals surface area contributed by atoms with Crippen LogP contribution in [0.25, 0.3) is 0 Å². The van der Waals surface area contributed by atoms with Crippen molar-refractivity contribution in [1.82, 2.24) is 0 Å². The van der Waals surface area contributed by atoms with Gasteiger partial charge in [-0.25, -0.2) is 0 Å². The Morgan fingerprint density at radius 1 is 1.29 bits per heavy atom. The summed E-state index contributed by atoms with van der Waals surface area (Å²) in [7, 11) is 0. The monoisotopic (exact) mass is 236 g/mol. The normalized spacial score (nSPS) is 27.6. The topological polar surface area (TPSA) is 38.7 Å². The average molecular weight is 236 g/mol. The van der Waals surface area contributed by atoms with Crippen molar-refractivity contribution in [3.05, 3.63) is 0 Å². The van der Waals surface area contributed by atoms with Gasteiger partial charge >= 0.3 is 0 Å². The summed E-state index contributed by atoms with van der Waals surface area (Å²) in [5.41, 5.74) is 0. The quantitative estimate of drug-likeness (QED) is 0.742. The molecule has 0 unspecified atom stereocenters. The van der Waals surface area contributed by atoms with Crippen LogP contribution in [0.5, 0.6) is 0 Å². The van der Waals surface area contributed by atoms with E-state index >= 15 is 0 Å². The van der Waals surface area contributed by atoms with Crippen molar-refractivity contribution in [1.29, 1.82) is 0 Å². The summed E-state index contributed by atoms with van der Waals surface area (Å²) in [5, 5.41) is 9.19. The van der Waals surface area contributed by atoms with Crippen LogP contribution in [0.3, 0.4) is 0 Å². The van der Waals surface area contributed by atoms with Crippen LogP contribution >= 0.6 is 0 Å². The second-order valence-corrected chi connectivity index (χ2v) is 4.58. The highest BCUT2D eigenvalue weighted by molar-refractivity contribution is 5.27. The van der Waals surface area contributed by atoms with E-state index in [-0.39, 0.29) is 12.2 Å². The molecule has 1 rings (SSSR count). The molecule has 0 bridgehead atoms. The second-order valence-electron chi connectivity index (χ2n) is 4.58. The Balaban J connectivity index is 2.41. The third-order valence-electron chi connectivity index (χ3n) is 2.51. The van der Waals surface area contributed by atoms with Gasteiger partial charge in [0.1, 0.15) is 6.10 Å². The van der Waals surface area contributed by atoms with Crippen molar-refractivity contribution in [2.45, 2.75) is 64.6 Å². The molecule has 0 aromatic heterocycles. The number of rotatable bonds is 2. The third kappa shape index (κ3) is 4.79. The zero-order valence-electron chi connectivity index (χ0n) is 10.9. The van der Waals surface area contributed by atoms with Crippen molar-refractivity contribution in [2.75, 3.05) is 0 Å². The van der Waals surface area contributed by atoms with Crippen LogP contribution in [0.4, 0.5) is 0 Å². The van der Waals surface area contributed by atoms with Crippen molar-refractivity contribution in [3.8, 4) is 23.7 Å². The van der Waals surface area contributed by atoms with Crippen LogP contribution in [-0.4, -0.2) is 29.2 Å². The molecule has 94 valence electrons. The Kier molecular flexibility index (Phi) is 5.02. The van der Waals surface area contributed by atoms with Crippen molar-refractivity contribution in [2.24, 2.45) is 0 Å². The molecule has 1 aliphatic rings.